The third-order valence-electron chi connectivity index (χ3n) is 0.956. The van der Waals surface area contributed by atoms with Crippen LogP contribution < -0.4 is 0 Å². The summed E-state index contributed by atoms with van der Waals surface area (Å²) in [6.45, 7) is 7.85. The summed E-state index contributed by atoms with van der Waals surface area (Å²) in [7, 11) is 0. The third kappa shape index (κ3) is 2.75. The van der Waals surface area contributed by atoms with Crippen molar-refractivity contribution in [3.63, 3.8) is 0 Å². The van der Waals surface area contributed by atoms with Gasteiger partial charge in [0.1, 0.15) is 0 Å². The van der Waals surface area contributed by atoms with E-state index in [0.717, 1.165) is 12.0 Å². The van der Waals surface area contributed by atoms with Gasteiger partial charge in [0.25, 0.3) is 0 Å². The van der Waals surface area contributed by atoms with Gasteiger partial charge in [0.15, 0.2) is 0 Å². The Kier molecular flexibility index (Phi) is 3.18. The van der Waals surface area contributed by atoms with E-state index in [9.17, 15) is 0 Å². The molecule has 0 saturated carbocycles. The first-order valence-electron chi connectivity index (χ1n) is 2.52. The van der Waals surface area contributed by atoms with Gasteiger partial charge in [-0.25, -0.2) is 0 Å². The number of rotatable bonds is 2. The highest BCUT2D eigenvalue weighted by Crippen LogP contribution is 2.08. The van der Waals surface area contributed by atoms with Crippen LogP contribution >= 0.6 is 12.6 Å². The summed E-state index contributed by atoms with van der Waals surface area (Å²) in [5.74, 6) is 0. The Morgan fingerprint density at radius 2 is 2.29 bits per heavy atom. The molecule has 0 bridgehead atoms. The molecule has 0 radical (unpaired) electrons. The first-order chi connectivity index (χ1) is 3.18. The zero-order chi connectivity index (χ0) is 5.86. The molecule has 0 aromatic rings. The fourth-order valence-electron chi connectivity index (χ4n) is 0.348. The standard InChI is InChI=1S/C6H12S/c1-4-6(7)5(2)3/h6-7H,2,4H2,1,3H3. The Labute approximate surface area is 51.0 Å². The average Bonchev–Trinajstić information content (AvgIpc) is 1.65. The van der Waals surface area contributed by atoms with E-state index >= 15 is 0 Å². The van der Waals surface area contributed by atoms with Gasteiger partial charge < -0.3 is 0 Å². The van der Waals surface area contributed by atoms with Gasteiger partial charge in [-0.3, -0.25) is 0 Å². The molecule has 0 aromatic heterocycles. The SMILES string of the molecule is C=C(C)C(S)CC. The van der Waals surface area contributed by atoms with E-state index in [0.29, 0.717) is 5.25 Å². The highest BCUT2D eigenvalue weighted by molar-refractivity contribution is 7.81. The predicted octanol–water partition coefficient (Wildman–Crippen LogP) is 2.27. The summed E-state index contributed by atoms with van der Waals surface area (Å²) in [6, 6.07) is 0. The molecule has 1 heteroatoms. The van der Waals surface area contributed by atoms with Crippen LogP contribution in [0.5, 0.6) is 0 Å². The Morgan fingerprint density at radius 1 is 1.86 bits per heavy atom. The smallest absolute Gasteiger partial charge is 0.0218 e. The monoisotopic (exact) mass is 116 g/mol. The van der Waals surface area contributed by atoms with Crippen LogP contribution in [-0.4, -0.2) is 5.25 Å². The van der Waals surface area contributed by atoms with Gasteiger partial charge >= 0.3 is 0 Å². The molecular formula is C6H12S. The Bertz CT molecular complexity index is 66.6. The Hall–Kier alpha value is 0.0900. The van der Waals surface area contributed by atoms with Gasteiger partial charge in [0.2, 0.25) is 0 Å². The van der Waals surface area contributed by atoms with Crippen molar-refractivity contribution in [3.05, 3.63) is 12.2 Å². The summed E-state index contributed by atoms with van der Waals surface area (Å²) in [4.78, 5) is 0. The number of thiol groups is 1. The minimum absolute atomic E-state index is 0.403. The van der Waals surface area contributed by atoms with Crippen LogP contribution in [0.1, 0.15) is 20.3 Å². The fraction of sp³-hybridized carbons (Fsp3) is 0.667. The van der Waals surface area contributed by atoms with Crippen molar-refractivity contribution in [1.29, 1.82) is 0 Å². The van der Waals surface area contributed by atoms with Gasteiger partial charge in [-0.1, -0.05) is 19.1 Å². The molecule has 0 N–H and O–H groups in total. The molecule has 0 rings (SSSR count). The van der Waals surface area contributed by atoms with Gasteiger partial charge in [-0.15, -0.1) is 0 Å². The molecule has 1 atom stereocenters. The van der Waals surface area contributed by atoms with Crippen molar-refractivity contribution in [3.8, 4) is 0 Å². The van der Waals surface area contributed by atoms with Crippen LogP contribution in [-0.2, 0) is 0 Å². The molecule has 0 amide bonds. The molecule has 0 fully saturated rings. The van der Waals surface area contributed by atoms with Crippen LogP contribution in [0.3, 0.4) is 0 Å². The minimum atomic E-state index is 0.403. The Balaban J connectivity index is 3.34. The summed E-state index contributed by atoms with van der Waals surface area (Å²) in [5, 5.41) is 0.403. The van der Waals surface area contributed by atoms with Gasteiger partial charge in [-0.2, -0.15) is 12.6 Å². The van der Waals surface area contributed by atoms with E-state index in [1.807, 2.05) is 6.92 Å². The average molecular weight is 116 g/mol. The van der Waals surface area contributed by atoms with Crippen molar-refractivity contribution in [2.75, 3.05) is 0 Å². The lowest BCUT2D eigenvalue weighted by Gasteiger charge is -2.03. The quantitative estimate of drug-likeness (QED) is 0.415. The van der Waals surface area contributed by atoms with E-state index in [2.05, 4.69) is 26.1 Å². The number of hydrogen-bond donors (Lipinski definition) is 1. The maximum Gasteiger partial charge on any atom is 0.0218 e. The third-order valence-corrected chi connectivity index (χ3v) is 1.76. The van der Waals surface area contributed by atoms with Gasteiger partial charge in [-0.05, 0) is 13.3 Å². The molecule has 0 spiro atoms. The molecular weight excluding hydrogens is 104 g/mol. The van der Waals surface area contributed by atoms with Gasteiger partial charge in [0, 0.05) is 5.25 Å². The van der Waals surface area contributed by atoms with E-state index in [1.54, 1.807) is 0 Å². The van der Waals surface area contributed by atoms with E-state index in [1.165, 1.54) is 0 Å². The van der Waals surface area contributed by atoms with Crippen LogP contribution in [0.15, 0.2) is 12.2 Å². The van der Waals surface area contributed by atoms with Crippen molar-refractivity contribution in [1.82, 2.24) is 0 Å². The highest BCUT2D eigenvalue weighted by Gasteiger charge is 1.95. The first kappa shape index (κ1) is 7.09. The van der Waals surface area contributed by atoms with Crippen molar-refractivity contribution in [2.24, 2.45) is 0 Å². The topological polar surface area (TPSA) is 0 Å². The lowest BCUT2D eigenvalue weighted by atomic mass is 10.2. The second-order valence-corrected chi connectivity index (χ2v) is 2.39. The summed E-state index contributed by atoms with van der Waals surface area (Å²) < 4.78 is 0. The molecule has 7 heavy (non-hydrogen) atoms. The molecule has 42 valence electrons. The van der Waals surface area contributed by atoms with E-state index in [-0.39, 0.29) is 0 Å². The Morgan fingerprint density at radius 3 is 2.29 bits per heavy atom. The summed E-state index contributed by atoms with van der Waals surface area (Å²) in [5.41, 5.74) is 1.16. The van der Waals surface area contributed by atoms with E-state index < -0.39 is 0 Å². The van der Waals surface area contributed by atoms with Crippen LogP contribution in [0, 0.1) is 0 Å². The zero-order valence-electron chi connectivity index (χ0n) is 4.94. The molecule has 0 nitrogen and oxygen atoms in total. The fourth-order valence-corrected chi connectivity index (χ4v) is 0.348. The van der Waals surface area contributed by atoms with Crippen molar-refractivity contribution < 1.29 is 0 Å². The molecule has 0 aromatic carbocycles. The molecule has 0 heterocycles. The largest absolute Gasteiger partial charge is 0.171 e. The normalized spacial score (nSPS) is 13.6. The second-order valence-electron chi connectivity index (χ2n) is 1.77. The van der Waals surface area contributed by atoms with Crippen molar-refractivity contribution >= 4 is 12.6 Å². The molecule has 0 saturated heterocycles. The molecule has 0 aliphatic heterocycles. The van der Waals surface area contributed by atoms with Gasteiger partial charge in [0.05, 0.1) is 0 Å². The predicted molar refractivity (Wildman–Crippen MR) is 37.9 cm³/mol. The van der Waals surface area contributed by atoms with Crippen LogP contribution in [0.2, 0.25) is 0 Å². The summed E-state index contributed by atoms with van der Waals surface area (Å²) >= 11 is 4.23. The maximum atomic E-state index is 4.23. The molecule has 0 aliphatic rings. The number of hydrogen-bond acceptors (Lipinski definition) is 1. The van der Waals surface area contributed by atoms with Crippen molar-refractivity contribution in [2.45, 2.75) is 25.5 Å². The van der Waals surface area contributed by atoms with Crippen LogP contribution in [0.4, 0.5) is 0 Å². The maximum absolute atomic E-state index is 4.23. The van der Waals surface area contributed by atoms with Crippen LogP contribution in [0.25, 0.3) is 0 Å². The molecule has 0 aliphatic carbocycles. The highest BCUT2D eigenvalue weighted by atomic mass is 32.1. The van der Waals surface area contributed by atoms with E-state index in [4.69, 9.17) is 0 Å². The summed E-state index contributed by atoms with van der Waals surface area (Å²) in [6.07, 6.45) is 1.08. The lowest BCUT2D eigenvalue weighted by molar-refractivity contribution is 0.935. The lowest BCUT2D eigenvalue weighted by Crippen LogP contribution is -1.94. The zero-order valence-corrected chi connectivity index (χ0v) is 5.83. The second kappa shape index (κ2) is 3.14. The first-order valence-corrected chi connectivity index (χ1v) is 3.03. The molecule has 1 unspecified atom stereocenters. The minimum Gasteiger partial charge on any atom is -0.171 e.